The second-order valence-corrected chi connectivity index (χ2v) is 7.53. The maximum Gasteiger partial charge on any atom is 0.341 e. The van der Waals surface area contributed by atoms with Gasteiger partial charge in [0.05, 0.1) is 30.0 Å². The smallest absolute Gasteiger partial charge is 0.341 e. The minimum absolute atomic E-state index is 0.0450. The maximum absolute atomic E-state index is 13.0. The number of thioether (sulfide) groups is 1. The number of aromatic nitrogens is 2. The summed E-state index contributed by atoms with van der Waals surface area (Å²) in [5.74, 6) is 0.911. The number of hydrogen-bond donors (Lipinski definition) is 0. The van der Waals surface area contributed by atoms with E-state index in [1.165, 1.54) is 25.1 Å². The Balaban J connectivity index is 1.95. The quantitative estimate of drug-likeness (QED) is 0.345. The van der Waals surface area contributed by atoms with E-state index in [2.05, 4.69) is 18.8 Å². The van der Waals surface area contributed by atoms with Crippen LogP contribution in [-0.2, 0) is 17.0 Å². The number of benzene rings is 1. The Morgan fingerprint density at radius 3 is 2.81 bits per heavy atom. The molecule has 6 nitrogen and oxygen atoms in total. The van der Waals surface area contributed by atoms with Crippen molar-refractivity contribution in [3.05, 3.63) is 58.3 Å². The molecular weight excluding hydrogens is 364 g/mol. The summed E-state index contributed by atoms with van der Waals surface area (Å²) >= 11 is 1.38. The van der Waals surface area contributed by atoms with Gasteiger partial charge < -0.3 is 9.15 Å². The fraction of sp³-hybridized carbons (Fsp3) is 0.350. The van der Waals surface area contributed by atoms with Gasteiger partial charge >= 0.3 is 5.97 Å². The summed E-state index contributed by atoms with van der Waals surface area (Å²) in [7, 11) is 1.33. The molecule has 0 spiro atoms. The third kappa shape index (κ3) is 4.24. The summed E-state index contributed by atoms with van der Waals surface area (Å²) in [6.07, 6.45) is 2.34. The van der Waals surface area contributed by atoms with E-state index in [1.54, 1.807) is 16.7 Å². The van der Waals surface area contributed by atoms with E-state index >= 15 is 0 Å². The van der Waals surface area contributed by atoms with Crippen molar-refractivity contribution in [2.75, 3.05) is 7.11 Å². The average Bonchev–Trinajstić information content (AvgIpc) is 3.13. The molecule has 27 heavy (non-hydrogen) atoms. The molecule has 2 aromatic heterocycles. The summed E-state index contributed by atoms with van der Waals surface area (Å²) in [5.41, 5.74) is 1.01. The Morgan fingerprint density at radius 1 is 1.30 bits per heavy atom. The molecule has 0 aliphatic heterocycles. The van der Waals surface area contributed by atoms with E-state index < -0.39 is 5.97 Å². The van der Waals surface area contributed by atoms with E-state index in [4.69, 9.17) is 9.15 Å². The fourth-order valence-electron chi connectivity index (χ4n) is 2.72. The van der Waals surface area contributed by atoms with Crippen molar-refractivity contribution >= 4 is 28.6 Å². The van der Waals surface area contributed by atoms with Gasteiger partial charge in [-0.2, -0.15) is 0 Å². The number of carbonyl (C=O) groups is 1. The zero-order valence-electron chi connectivity index (χ0n) is 15.6. The summed E-state index contributed by atoms with van der Waals surface area (Å²) < 4.78 is 11.9. The van der Waals surface area contributed by atoms with Crippen LogP contribution in [0.25, 0.3) is 10.9 Å². The summed E-state index contributed by atoms with van der Waals surface area (Å²) in [4.78, 5) is 29.5. The number of carbonyl (C=O) groups excluding carboxylic acids is 1. The summed E-state index contributed by atoms with van der Waals surface area (Å²) in [5, 5.41) is 1.23. The number of rotatable bonds is 7. The first-order valence-corrected chi connectivity index (χ1v) is 9.77. The van der Waals surface area contributed by atoms with E-state index in [0.717, 1.165) is 6.42 Å². The maximum atomic E-state index is 13.0. The van der Waals surface area contributed by atoms with Crippen LogP contribution in [-0.4, -0.2) is 22.6 Å². The van der Waals surface area contributed by atoms with Crippen LogP contribution in [0, 0.1) is 5.92 Å². The Labute approximate surface area is 161 Å². The first-order valence-electron chi connectivity index (χ1n) is 8.78. The lowest BCUT2D eigenvalue weighted by atomic mass is 10.1. The van der Waals surface area contributed by atoms with Gasteiger partial charge in [-0.25, -0.2) is 9.78 Å². The Morgan fingerprint density at radius 2 is 2.07 bits per heavy atom. The van der Waals surface area contributed by atoms with Gasteiger partial charge in [0.25, 0.3) is 5.56 Å². The van der Waals surface area contributed by atoms with Gasteiger partial charge in [0.1, 0.15) is 11.3 Å². The highest BCUT2D eigenvalue weighted by molar-refractivity contribution is 7.98. The molecule has 0 fully saturated rings. The minimum atomic E-state index is -0.442. The molecule has 3 aromatic rings. The Hall–Kier alpha value is -2.54. The molecule has 0 saturated carbocycles. The van der Waals surface area contributed by atoms with Crippen LogP contribution in [0.1, 0.15) is 36.4 Å². The molecule has 3 rings (SSSR count). The molecule has 7 heteroatoms. The van der Waals surface area contributed by atoms with Gasteiger partial charge in [-0.3, -0.25) is 9.36 Å². The van der Waals surface area contributed by atoms with Crippen LogP contribution in [0.3, 0.4) is 0 Å². The van der Waals surface area contributed by atoms with Crippen molar-refractivity contribution in [1.29, 1.82) is 0 Å². The van der Waals surface area contributed by atoms with Crippen LogP contribution in [0.4, 0.5) is 0 Å². The van der Waals surface area contributed by atoms with Crippen molar-refractivity contribution < 1.29 is 13.9 Å². The second-order valence-electron chi connectivity index (χ2n) is 6.59. The predicted molar refractivity (Wildman–Crippen MR) is 105 cm³/mol. The molecule has 1 aromatic carbocycles. The van der Waals surface area contributed by atoms with Crippen LogP contribution >= 0.6 is 11.8 Å². The largest absolute Gasteiger partial charge is 0.468 e. The fourth-order valence-corrected chi connectivity index (χ4v) is 3.69. The number of nitrogens with zero attached hydrogens (tertiary/aromatic N) is 2. The third-order valence-electron chi connectivity index (χ3n) is 4.24. The van der Waals surface area contributed by atoms with Gasteiger partial charge in [-0.1, -0.05) is 37.7 Å². The van der Waals surface area contributed by atoms with E-state index in [-0.39, 0.29) is 5.56 Å². The minimum Gasteiger partial charge on any atom is -0.468 e. The van der Waals surface area contributed by atoms with Crippen LogP contribution < -0.4 is 5.56 Å². The number of ether oxygens (including phenoxy) is 1. The number of para-hydroxylation sites is 1. The average molecular weight is 386 g/mol. The van der Waals surface area contributed by atoms with Crippen LogP contribution in [0.15, 0.2) is 51.0 Å². The molecule has 0 aliphatic rings. The zero-order valence-corrected chi connectivity index (χ0v) is 16.4. The van der Waals surface area contributed by atoms with Gasteiger partial charge in [-0.05, 0) is 30.5 Å². The van der Waals surface area contributed by atoms with E-state index in [0.29, 0.717) is 45.6 Å². The Kier molecular flexibility index (Phi) is 6.01. The second kappa shape index (κ2) is 8.43. The van der Waals surface area contributed by atoms with Gasteiger partial charge in [0, 0.05) is 6.54 Å². The molecule has 0 radical (unpaired) electrons. The van der Waals surface area contributed by atoms with Crippen molar-refractivity contribution in [3.8, 4) is 0 Å². The lowest BCUT2D eigenvalue weighted by Gasteiger charge is -2.14. The molecule has 0 saturated heterocycles. The van der Waals surface area contributed by atoms with E-state index in [9.17, 15) is 9.59 Å². The number of esters is 1. The molecule has 0 atom stereocenters. The topological polar surface area (TPSA) is 74.3 Å². The number of fused-ring (bicyclic) bond motifs is 1. The molecule has 142 valence electrons. The lowest BCUT2D eigenvalue weighted by Crippen LogP contribution is -2.24. The van der Waals surface area contributed by atoms with Crippen LogP contribution in [0.2, 0.25) is 0 Å². The van der Waals surface area contributed by atoms with Gasteiger partial charge in [0.2, 0.25) is 0 Å². The molecule has 0 unspecified atom stereocenters. The summed E-state index contributed by atoms with van der Waals surface area (Å²) in [6.45, 7) is 4.84. The van der Waals surface area contributed by atoms with Crippen molar-refractivity contribution in [3.63, 3.8) is 0 Å². The van der Waals surface area contributed by atoms with Crippen molar-refractivity contribution in [2.24, 2.45) is 5.92 Å². The highest BCUT2D eigenvalue weighted by Gasteiger charge is 2.17. The first kappa shape index (κ1) is 19.2. The van der Waals surface area contributed by atoms with Gasteiger partial charge in [0.15, 0.2) is 5.16 Å². The highest BCUT2D eigenvalue weighted by Crippen LogP contribution is 2.25. The monoisotopic (exact) mass is 386 g/mol. The molecule has 0 N–H and O–H groups in total. The number of furan rings is 1. The zero-order chi connectivity index (χ0) is 19.4. The predicted octanol–water partition coefficient (Wildman–Crippen LogP) is 4.11. The standard InChI is InChI=1S/C20H22N2O4S/c1-13(2)8-10-22-18(23)14-6-4-5-7-16(14)21-20(22)27-12-17-15(9-11-26-17)19(24)25-3/h4-7,9,11,13H,8,10,12H2,1-3H3. The normalized spacial score (nSPS) is 11.3. The number of hydrogen-bond acceptors (Lipinski definition) is 6. The number of methoxy groups -OCH3 is 1. The SMILES string of the molecule is COC(=O)c1ccoc1CSc1nc2ccccc2c(=O)n1CCC(C)C. The lowest BCUT2D eigenvalue weighted by molar-refractivity contribution is 0.0598. The molecule has 0 aliphatic carbocycles. The highest BCUT2D eigenvalue weighted by atomic mass is 32.2. The van der Waals surface area contributed by atoms with Crippen LogP contribution in [0.5, 0.6) is 0 Å². The summed E-state index contributed by atoms with van der Waals surface area (Å²) in [6, 6.07) is 8.93. The molecular formula is C20H22N2O4S. The third-order valence-corrected chi connectivity index (χ3v) is 5.22. The molecule has 2 heterocycles. The Bertz CT molecular complexity index is 1010. The molecule has 0 amide bonds. The van der Waals surface area contributed by atoms with Gasteiger partial charge in [-0.15, -0.1) is 0 Å². The van der Waals surface area contributed by atoms with Crippen molar-refractivity contribution in [1.82, 2.24) is 9.55 Å². The van der Waals surface area contributed by atoms with Crippen molar-refractivity contribution in [2.45, 2.75) is 37.7 Å². The molecule has 0 bridgehead atoms. The first-order chi connectivity index (χ1) is 13.0. The van der Waals surface area contributed by atoms with E-state index in [1.807, 2.05) is 18.2 Å².